The first-order valence-electron chi connectivity index (χ1n) is 3.86. The van der Waals surface area contributed by atoms with Gasteiger partial charge in [-0.25, -0.2) is 0 Å². The van der Waals surface area contributed by atoms with E-state index in [0.717, 1.165) is 0 Å². The van der Waals surface area contributed by atoms with E-state index in [4.69, 9.17) is 10.00 Å². The van der Waals surface area contributed by atoms with Crippen molar-refractivity contribution in [2.24, 2.45) is 0 Å². The van der Waals surface area contributed by atoms with Crippen LogP contribution in [0.1, 0.15) is 11.7 Å². The van der Waals surface area contributed by atoms with Crippen molar-refractivity contribution < 1.29 is 9.66 Å². The molecule has 0 heterocycles. The van der Waals surface area contributed by atoms with Crippen LogP contribution in [0.4, 0.5) is 5.69 Å². The van der Waals surface area contributed by atoms with Gasteiger partial charge in [-0.3, -0.25) is 10.1 Å². The molecule has 0 amide bonds. The van der Waals surface area contributed by atoms with Crippen LogP contribution in [0.5, 0.6) is 0 Å². The lowest BCUT2D eigenvalue weighted by atomic mass is 10.1. The molecule has 0 saturated heterocycles. The minimum absolute atomic E-state index is 0.00143. The zero-order chi connectivity index (χ0) is 10.6. The van der Waals surface area contributed by atoms with Gasteiger partial charge in [0.05, 0.1) is 11.0 Å². The lowest BCUT2D eigenvalue weighted by Gasteiger charge is -2.05. The maximum Gasteiger partial charge on any atom is 0.269 e. The zero-order valence-corrected chi connectivity index (χ0v) is 7.51. The highest BCUT2D eigenvalue weighted by atomic mass is 16.6. The Kier molecular flexibility index (Phi) is 3.15. The minimum atomic E-state index is -0.671. The molecule has 0 fully saturated rings. The molecule has 0 aromatic heterocycles. The topological polar surface area (TPSA) is 76.2 Å². The van der Waals surface area contributed by atoms with Gasteiger partial charge in [-0.15, -0.1) is 0 Å². The summed E-state index contributed by atoms with van der Waals surface area (Å²) in [4.78, 5) is 9.84. The Morgan fingerprint density at radius 3 is 2.43 bits per heavy atom. The monoisotopic (exact) mass is 192 g/mol. The molecule has 5 nitrogen and oxygen atoms in total. The molecule has 0 saturated carbocycles. The third-order valence-electron chi connectivity index (χ3n) is 1.76. The Morgan fingerprint density at radius 1 is 1.50 bits per heavy atom. The van der Waals surface area contributed by atoms with E-state index in [0.29, 0.717) is 5.56 Å². The summed E-state index contributed by atoms with van der Waals surface area (Å²) in [6.07, 6.45) is -0.671. The second-order valence-electron chi connectivity index (χ2n) is 2.59. The van der Waals surface area contributed by atoms with E-state index in [-0.39, 0.29) is 5.69 Å². The summed E-state index contributed by atoms with van der Waals surface area (Å²) in [5.41, 5.74) is 0.613. The molecule has 0 radical (unpaired) electrons. The minimum Gasteiger partial charge on any atom is -0.362 e. The zero-order valence-electron chi connectivity index (χ0n) is 7.51. The normalized spacial score (nSPS) is 11.7. The highest BCUT2D eigenvalue weighted by Gasteiger charge is 2.10. The maximum absolute atomic E-state index is 10.3. The third-order valence-corrected chi connectivity index (χ3v) is 1.76. The average molecular weight is 192 g/mol. The number of non-ortho nitro benzene ring substituents is 1. The second-order valence-corrected chi connectivity index (χ2v) is 2.59. The Balaban J connectivity index is 2.94. The summed E-state index contributed by atoms with van der Waals surface area (Å²) in [5.74, 6) is 0. The van der Waals surface area contributed by atoms with E-state index < -0.39 is 11.0 Å². The smallest absolute Gasteiger partial charge is 0.269 e. The van der Waals surface area contributed by atoms with Crippen molar-refractivity contribution in [3.8, 4) is 6.07 Å². The fourth-order valence-electron chi connectivity index (χ4n) is 1.03. The van der Waals surface area contributed by atoms with Crippen molar-refractivity contribution in [2.75, 3.05) is 7.11 Å². The van der Waals surface area contributed by atoms with Gasteiger partial charge in [0.1, 0.15) is 0 Å². The fourth-order valence-corrected chi connectivity index (χ4v) is 1.03. The first kappa shape index (κ1) is 10.2. The van der Waals surface area contributed by atoms with Crippen molar-refractivity contribution in [1.29, 1.82) is 5.26 Å². The SMILES string of the molecule is COC(C#N)c1ccc([N+](=O)[O-])cc1. The number of nitro benzene ring substituents is 1. The number of rotatable bonds is 3. The van der Waals surface area contributed by atoms with Crippen molar-refractivity contribution in [3.63, 3.8) is 0 Å². The average Bonchev–Trinajstić information content (AvgIpc) is 2.20. The Morgan fingerprint density at radius 2 is 2.07 bits per heavy atom. The van der Waals surface area contributed by atoms with Gasteiger partial charge in [-0.05, 0) is 17.7 Å². The van der Waals surface area contributed by atoms with Gasteiger partial charge in [0, 0.05) is 19.2 Å². The summed E-state index contributed by atoms with van der Waals surface area (Å²) < 4.78 is 4.85. The van der Waals surface area contributed by atoms with Gasteiger partial charge in [0.25, 0.3) is 5.69 Å². The Labute approximate surface area is 80.7 Å². The highest BCUT2D eigenvalue weighted by Crippen LogP contribution is 2.19. The molecule has 0 aliphatic carbocycles. The summed E-state index contributed by atoms with van der Waals surface area (Å²) in [6, 6.07) is 7.64. The van der Waals surface area contributed by atoms with Gasteiger partial charge >= 0.3 is 0 Å². The number of nitrogens with zero attached hydrogens (tertiary/aromatic N) is 2. The van der Waals surface area contributed by atoms with Gasteiger partial charge in [0.2, 0.25) is 0 Å². The lowest BCUT2D eigenvalue weighted by Crippen LogP contribution is -1.98. The van der Waals surface area contributed by atoms with Gasteiger partial charge in [-0.2, -0.15) is 5.26 Å². The molecule has 1 aromatic carbocycles. The quantitative estimate of drug-likeness (QED) is 0.540. The van der Waals surface area contributed by atoms with E-state index in [1.165, 1.54) is 31.4 Å². The number of nitriles is 1. The summed E-state index contributed by atoms with van der Waals surface area (Å²) >= 11 is 0. The van der Waals surface area contributed by atoms with Crippen molar-refractivity contribution in [1.82, 2.24) is 0 Å². The summed E-state index contributed by atoms with van der Waals surface area (Å²) in [5, 5.41) is 19.0. The number of methoxy groups -OCH3 is 1. The molecule has 1 atom stereocenters. The predicted octanol–water partition coefficient (Wildman–Crippen LogP) is 1.81. The molecular formula is C9H8N2O3. The molecule has 0 bridgehead atoms. The maximum atomic E-state index is 10.3. The molecule has 5 heteroatoms. The Bertz CT molecular complexity index is 367. The largest absolute Gasteiger partial charge is 0.362 e. The molecule has 14 heavy (non-hydrogen) atoms. The standard InChI is InChI=1S/C9H8N2O3/c1-14-9(6-10)7-2-4-8(5-3-7)11(12)13/h2-5,9H,1H3. The van der Waals surface area contributed by atoms with Crippen LogP contribution in [0.25, 0.3) is 0 Å². The molecule has 72 valence electrons. The lowest BCUT2D eigenvalue weighted by molar-refractivity contribution is -0.384. The van der Waals surface area contributed by atoms with Crippen LogP contribution < -0.4 is 0 Å². The van der Waals surface area contributed by atoms with Crippen LogP contribution in [0.15, 0.2) is 24.3 Å². The van der Waals surface area contributed by atoms with E-state index in [1.807, 2.05) is 6.07 Å². The number of ether oxygens (including phenoxy) is 1. The van der Waals surface area contributed by atoms with Crippen LogP contribution in [0, 0.1) is 21.4 Å². The Hall–Kier alpha value is -1.93. The third kappa shape index (κ3) is 2.06. The predicted molar refractivity (Wildman–Crippen MR) is 48.5 cm³/mol. The van der Waals surface area contributed by atoms with Crippen LogP contribution in [-0.4, -0.2) is 12.0 Å². The summed E-state index contributed by atoms with van der Waals surface area (Å²) in [7, 11) is 1.41. The molecule has 1 rings (SSSR count). The van der Waals surface area contributed by atoms with E-state index in [1.54, 1.807) is 0 Å². The fraction of sp³-hybridized carbons (Fsp3) is 0.222. The van der Waals surface area contributed by atoms with E-state index >= 15 is 0 Å². The highest BCUT2D eigenvalue weighted by molar-refractivity contribution is 5.35. The molecule has 0 N–H and O–H groups in total. The first-order chi connectivity index (χ1) is 6.69. The first-order valence-corrected chi connectivity index (χ1v) is 3.86. The van der Waals surface area contributed by atoms with Gasteiger partial charge < -0.3 is 4.74 Å². The van der Waals surface area contributed by atoms with Gasteiger partial charge in [-0.1, -0.05) is 0 Å². The van der Waals surface area contributed by atoms with Crippen LogP contribution in [0.2, 0.25) is 0 Å². The van der Waals surface area contributed by atoms with Crippen molar-refractivity contribution in [3.05, 3.63) is 39.9 Å². The van der Waals surface area contributed by atoms with Crippen molar-refractivity contribution >= 4 is 5.69 Å². The molecular weight excluding hydrogens is 184 g/mol. The number of nitro groups is 1. The second kappa shape index (κ2) is 4.35. The molecule has 0 spiro atoms. The number of hydrogen-bond acceptors (Lipinski definition) is 4. The molecule has 0 aliphatic heterocycles. The number of benzene rings is 1. The number of hydrogen-bond donors (Lipinski definition) is 0. The van der Waals surface area contributed by atoms with E-state index in [2.05, 4.69) is 0 Å². The van der Waals surface area contributed by atoms with E-state index in [9.17, 15) is 10.1 Å². The van der Waals surface area contributed by atoms with Crippen LogP contribution in [-0.2, 0) is 4.74 Å². The molecule has 0 aliphatic rings. The van der Waals surface area contributed by atoms with Crippen LogP contribution in [0.3, 0.4) is 0 Å². The van der Waals surface area contributed by atoms with Gasteiger partial charge in [0.15, 0.2) is 6.10 Å². The van der Waals surface area contributed by atoms with Crippen molar-refractivity contribution in [2.45, 2.75) is 6.10 Å². The van der Waals surface area contributed by atoms with Crippen LogP contribution >= 0.6 is 0 Å². The summed E-state index contributed by atoms with van der Waals surface area (Å²) in [6.45, 7) is 0. The molecule has 1 aromatic rings. The molecule has 1 unspecified atom stereocenters.